The maximum absolute atomic E-state index is 12.0. The molecule has 168 valence electrons. The van der Waals surface area contributed by atoms with Gasteiger partial charge < -0.3 is 29.0 Å². The maximum atomic E-state index is 12.0. The summed E-state index contributed by atoms with van der Waals surface area (Å²) < 4.78 is 26.0. The van der Waals surface area contributed by atoms with Gasteiger partial charge in [-0.2, -0.15) is 0 Å². The zero-order chi connectivity index (χ0) is 22.8. The van der Waals surface area contributed by atoms with Gasteiger partial charge in [-0.15, -0.1) is 0 Å². The molecule has 0 unspecified atom stereocenters. The second-order valence-corrected chi connectivity index (χ2v) is 6.30. The SMILES string of the molecule is C=CCOC(=O)N[C@@H]1O[C@H](COC(C)=O)[C@@H](OC(C)=O)[C@H](OC(C)=O)[C@H]1NC(C)=O. The molecule has 0 aromatic carbocycles. The predicted octanol–water partition coefficient (Wildman–Crippen LogP) is -0.445. The molecule has 0 aromatic rings. The molecule has 0 bridgehead atoms. The van der Waals surface area contributed by atoms with Crippen LogP contribution in [0.1, 0.15) is 27.7 Å². The summed E-state index contributed by atoms with van der Waals surface area (Å²) in [6.07, 6.45) is -4.48. The first kappa shape index (κ1) is 24.9. The predicted molar refractivity (Wildman–Crippen MR) is 98.7 cm³/mol. The normalized spacial score (nSPS) is 25.3. The van der Waals surface area contributed by atoms with E-state index in [0.29, 0.717) is 0 Å². The molecule has 0 saturated carbocycles. The molecule has 1 saturated heterocycles. The van der Waals surface area contributed by atoms with Crippen LogP contribution < -0.4 is 10.6 Å². The number of hydrogen-bond acceptors (Lipinski definition) is 10. The Kier molecular flexibility index (Phi) is 9.75. The molecule has 0 aromatic heterocycles. The molecule has 0 spiro atoms. The first-order valence-corrected chi connectivity index (χ1v) is 8.99. The van der Waals surface area contributed by atoms with Crippen molar-refractivity contribution in [1.29, 1.82) is 0 Å². The molecule has 0 aliphatic carbocycles. The summed E-state index contributed by atoms with van der Waals surface area (Å²) in [4.78, 5) is 58.3. The Labute approximate surface area is 173 Å². The number of carbonyl (C=O) groups excluding carboxylic acids is 5. The van der Waals surface area contributed by atoms with Crippen molar-refractivity contribution < 1.29 is 47.7 Å². The van der Waals surface area contributed by atoms with E-state index in [4.69, 9.17) is 23.7 Å². The molecule has 5 atom stereocenters. The number of nitrogens with one attached hydrogen (secondary N) is 2. The molecule has 1 aliphatic rings. The lowest BCUT2D eigenvalue weighted by Gasteiger charge is -2.45. The molecular weight excluding hydrogens is 404 g/mol. The van der Waals surface area contributed by atoms with E-state index < -0.39 is 60.5 Å². The van der Waals surface area contributed by atoms with Crippen molar-refractivity contribution in [2.75, 3.05) is 13.2 Å². The van der Waals surface area contributed by atoms with E-state index in [1.165, 1.54) is 13.0 Å². The van der Waals surface area contributed by atoms with Crippen LogP contribution in [0.15, 0.2) is 12.7 Å². The topological polar surface area (TPSA) is 156 Å². The van der Waals surface area contributed by atoms with Gasteiger partial charge in [-0.05, 0) is 0 Å². The number of ether oxygens (including phenoxy) is 5. The Hall–Kier alpha value is -3.15. The third-order valence-electron chi connectivity index (χ3n) is 3.71. The summed E-state index contributed by atoms with van der Waals surface area (Å²) in [6.45, 7) is 7.55. The fraction of sp³-hybridized carbons (Fsp3) is 0.611. The number of rotatable bonds is 8. The molecule has 12 nitrogen and oxygen atoms in total. The molecule has 0 radical (unpaired) electrons. The number of hydrogen-bond donors (Lipinski definition) is 2. The lowest BCUT2D eigenvalue weighted by molar-refractivity contribution is -0.226. The lowest BCUT2D eigenvalue weighted by Crippen LogP contribution is -2.69. The van der Waals surface area contributed by atoms with Crippen molar-refractivity contribution in [2.45, 2.75) is 58.3 Å². The van der Waals surface area contributed by atoms with Crippen LogP contribution in [0.5, 0.6) is 0 Å². The van der Waals surface area contributed by atoms with Gasteiger partial charge in [0.15, 0.2) is 18.4 Å². The Morgan fingerprint density at radius 2 is 1.50 bits per heavy atom. The van der Waals surface area contributed by atoms with E-state index >= 15 is 0 Å². The van der Waals surface area contributed by atoms with Crippen LogP contribution >= 0.6 is 0 Å². The first-order valence-electron chi connectivity index (χ1n) is 8.99. The third kappa shape index (κ3) is 8.07. The molecule has 1 rings (SSSR count). The monoisotopic (exact) mass is 430 g/mol. The Balaban J connectivity index is 3.28. The van der Waals surface area contributed by atoms with Crippen LogP contribution in [0, 0.1) is 0 Å². The van der Waals surface area contributed by atoms with Crippen molar-refractivity contribution in [3.05, 3.63) is 12.7 Å². The van der Waals surface area contributed by atoms with Crippen LogP contribution in [0.4, 0.5) is 4.79 Å². The van der Waals surface area contributed by atoms with Crippen LogP contribution in [0.25, 0.3) is 0 Å². The van der Waals surface area contributed by atoms with Crippen molar-refractivity contribution in [2.24, 2.45) is 0 Å². The van der Waals surface area contributed by atoms with Crippen LogP contribution in [-0.2, 0) is 42.9 Å². The average Bonchev–Trinajstić information content (AvgIpc) is 2.62. The highest BCUT2D eigenvalue weighted by Gasteiger charge is 2.51. The summed E-state index contributed by atoms with van der Waals surface area (Å²) in [5.41, 5.74) is 0. The third-order valence-corrected chi connectivity index (χ3v) is 3.71. The molecule has 1 fully saturated rings. The average molecular weight is 430 g/mol. The number of carbonyl (C=O) groups is 5. The van der Waals surface area contributed by atoms with E-state index in [0.717, 1.165) is 20.8 Å². The van der Waals surface area contributed by atoms with Crippen molar-refractivity contribution in [3.63, 3.8) is 0 Å². The van der Waals surface area contributed by atoms with E-state index in [1.54, 1.807) is 0 Å². The van der Waals surface area contributed by atoms with Gasteiger partial charge >= 0.3 is 24.0 Å². The minimum absolute atomic E-state index is 0.0936. The maximum Gasteiger partial charge on any atom is 0.409 e. The minimum Gasteiger partial charge on any atom is -0.463 e. The largest absolute Gasteiger partial charge is 0.463 e. The first-order chi connectivity index (χ1) is 14.0. The molecule has 1 aliphatic heterocycles. The second-order valence-electron chi connectivity index (χ2n) is 6.30. The van der Waals surface area contributed by atoms with Crippen LogP contribution in [-0.4, -0.2) is 73.7 Å². The second kappa shape index (κ2) is 11.8. The summed E-state index contributed by atoms with van der Waals surface area (Å²) in [5, 5.41) is 4.89. The van der Waals surface area contributed by atoms with E-state index in [2.05, 4.69) is 17.2 Å². The summed E-state index contributed by atoms with van der Waals surface area (Å²) >= 11 is 0. The van der Waals surface area contributed by atoms with Crippen molar-refractivity contribution in [3.8, 4) is 0 Å². The zero-order valence-corrected chi connectivity index (χ0v) is 17.2. The fourth-order valence-electron chi connectivity index (χ4n) is 2.75. The van der Waals surface area contributed by atoms with E-state index in [-0.39, 0.29) is 13.2 Å². The van der Waals surface area contributed by atoms with Gasteiger partial charge in [0.05, 0.1) is 0 Å². The standard InChI is InChI=1S/C18H26N2O10/c1-6-7-26-18(25)20-17-14(19-9(2)21)16(29-12(5)24)15(28-11(4)23)13(30-17)8-27-10(3)22/h6,13-17H,1,7-8H2,2-5H3,(H,19,21)(H,20,25)/t13-,14-,15-,16-,17-/m1/s1. The van der Waals surface area contributed by atoms with Gasteiger partial charge in [0.1, 0.15) is 25.4 Å². The Morgan fingerprint density at radius 1 is 0.900 bits per heavy atom. The summed E-state index contributed by atoms with van der Waals surface area (Å²) in [5.74, 6) is -2.64. The van der Waals surface area contributed by atoms with Gasteiger partial charge in [-0.25, -0.2) is 4.79 Å². The minimum atomic E-state index is -1.28. The highest BCUT2D eigenvalue weighted by atomic mass is 16.6. The van der Waals surface area contributed by atoms with E-state index in [9.17, 15) is 24.0 Å². The van der Waals surface area contributed by atoms with Gasteiger partial charge in [0.2, 0.25) is 5.91 Å². The molecule has 2 N–H and O–H groups in total. The van der Waals surface area contributed by atoms with Gasteiger partial charge in [-0.1, -0.05) is 12.7 Å². The molecular formula is C18H26N2O10. The quantitative estimate of drug-likeness (QED) is 0.294. The highest BCUT2D eigenvalue weighted by Crippen LogP contribution is 2.26. The number of amides is 2. The lowest BCUT2D eigenvalue weighted by atomic mass is 9.95. The Bertz CT molecular complexity index is 680. The fourth-order valence-corrected chi connectivity index (χ4v) is 2.75. The Morgan fingerprint density at radius 3 is 2.00 bits per heavy atom. The van der Waals surface area contributed by atoms with Gasteiger partial charge in [0.25, 0.3) is 0 Å². The van der Waals surface area contributed by atoms with E-state index in [1.807, 2.05) is 0 Å². The zero-order valence-electron chi connectivity index (χ0n) is 17.2. The smallest absolute Gasteiger partial charge is 0.409 e. The molecule has 1 heterocycles. The number of esters is 3. The van der Waals surface area contributed by atoms with Gasteiger partial charge in [-0.3, -0.25) is 24.5 Å². The van der Waals surface area contributed by atoms with Crippen LogP contribution in [0.2, 0.25) is 0 Å². The van der Waals surface area contributed by atoms with Crippen molar-refractivity contribution >= 4 is 29.9 Å². The van der Waals surface area contributed by atoms with Crippen molar-refractivity contribution in [1.82, 2.24) is 10.6 Å². The summed E-state index contributed by atoms with van der Waals surface area (Å²) in [7, 11) is 0. The van der Waals surface area contributed by atoms with Crippen LogP contribution in [0.3, 0.4) is 0 Å². The molecule has 30 heavy (non-hydrogen) atoms. The number of alkyl carbamates (subject to hydrolysis) is 1. The molecule has 12 heteroatoms. The van der Waals surface area contributed by atoms with Gasteiger partial charge in [0, 0.05) is 27.7 Å². The summed E-state index contributed by atoms with van der Waals surface area (Å²) in [6, 6.07) is -1.15. The highest BCUT2D eigenvalue weighted by molar-refractivity contribution is 5.74. The molecule has 2 amide bonds.